The Morgan fingerprint density at radius 3 is 2.81 bits per heavy atom. The van der Waals surface area contributed by atoms with Crippen LogP contribution in [0.2, 0.25) is 0 Å². The van der Waals surface area contributed by atoms with Gasteiger partial charge in [-0.2, -0.15) is 0 Å². The Kier molecular flexibility index (Phi) is 5.99. The predicted octanol–water partition coefficient (Wildman–Crippen LogP) is 2.27. The first-order chi connectivity index (χ1) is 14.8. The van der Waals surface area contributed by atoms with E-state index in [-0.39, 0.29) is 5.70 Å². The van der Waals surface area contributed by atoms with Gasteiger partial charge in [0.05, 0.1) is 5.56 Å². The lowest BCUT2D eigenvalue weighted by molar-refractivity contribution is -0.148. The standard InChI is InChI=1S/C18H14F2N4O4S3/c1-7-22-23-18(31-7)30-6-8-5-29-16-12(15(26)24(16)13(8)17(27)28)21-14(25)9-3-2-4-10(19)11(9)20/h2-4,12,16H,5-6H2,1H3,(H,21,25)(H,27,28)/t12-,16+/m1/s1. The van der Waals surface area contributed by atoms with Gasteiger partial charge in [-0.25, -0.2) is 13.6 Å². The number of carbonyl (C=O) groups is 3. The first kappa shape index (κ1) is 21.7. The summed E-state index contributed by atoms with van der Waals surface area (Å²) in [5, 5.41) is 20.1. The number of β-lactam (4-membered cyclic amide) rings is 1. The van der Waals surface area contributed by atoms with Gasteiger partial charge in [0, 0.05) is 11.5 Å². The Morgan fingerprint density at radius 2 is 2.13 bits per heavy atom. The van der Waals surface area contributed by atoms with Crippen molar-refractivity contribution in [1.29, 1.82) is 0 Å². The number of halogens is 2. The maximum atomic E-state index is 13.9. The maximum Gasteiger partial charge on any atom is 0.352 e. The number of nitrogens with one attached hydrogen (secondary N) is 1. The van der Waals surface area contributed by atoms with E-state index in [4.69, 9.17) is 0 Å². The highest BCUT2D eigenvalue weighted by molar-refractivity contribution is 8.01. The van der Waals surface area contributed by atoms with E-state index < -0.39 is 46.4 Å². The van der Waals surface area contributed by atoms with Crippen molar-refractivity contribution in [2.75, 3.05) is 11.5 Å². The molecule has 2 N–H and O–H groups in total. The number of rotatable bonds is 6. The zero-order valence-corrected chi connectivity index (χ0v) is 18.2. The normalized spacial score (nSPS) is 20.4. The fourth-order valence-corrected chi connectivity index (χ4v) is 6.48. The average molecular weight is 485 g/mol. The maximum absolute atomic E-state index is 13.9. The molecular weight excluding hydrogens is 470 g/mol. The largest absolute Gasteiger partial charge is 0.477 e. The minimum atomic E-state index is -1.31. The Balaban J connectivity index is 1.50. The van der Waals surface area contributed by atoms with Crippen molar-refractivity contribution in [2.45, 2.75) is 22.7 Å². The van der Waals surface area contributed by atoms with Gasteiger partial charge in [0.2, 0.25) is 0 Å². The molecule has 1 saturated heterocycles. The quantitative estimate of drug-likeness (QED) is 0.474. The number of aliphatic carboxylic acids is 1. The Hall–Kier alpha value is -2.51. The lowest BCUT2D eigenvalue weighted by atomic mass is 10.0. The lowest BCUT2D eigenvalue weighted by Gasteiger charge is -2.49. The number of carboxylic acids is 1. The van der Waals surface area contributed by atoms with Crippen LogP contribution in [0.4, 0.5) is 8.78 Å². The summed E-state index contributed by atoms with van der Waals surface area (Å²) < 4.78 is 27.9. The SMILES string of the molecule is Cc1nnc(SCC2=C(C(=O)O)N3C(=O)[C@@H](NC(=O)c4cccc(F)c4F)[C@@H]3SC2)s1. The third-order valence-corrected chi connectivity index (χ3v) is 8.01. The first-order valence-electron chi connectivity index (χ1n) is 8.85. The molecule has 1 fully saturated rings. The molecule has 13 heteroatoms. The van der Waals surface area contributed by atoms with Gasteiger partial charge in [0.25, 0.3) is 11.8 Å². The van der Waals surface area contributed by atoms with Crippen LogP contribution in [0.5, 0.6) is 0 Å². The van der Waals surface area contributed by atoms with Gasteiger partial charge in [0.1, 0.15) is 22.1 Å². The number of hydrogen-bond donors (Lipinski definition) is 2. The highest BCUT2D eigenvalue weighted by atomic mass is 32.2. The molecule has 2 aromatic rings. The Labute approximate surface area is 187 Å². The fraction of sp³-hybridized carbons (Fsp3) is 0.278. The second kappa shape index (κ2) is 8.55. The first-order valence-corrected chi connectivity index (χ1v) is 11.7. The number of fused-ring (bicyclic) bond motifs is 1. The van der Waals surface area contributed by atoms with Crippen molar-refractivity contribution in [2.24, 2.45) is 0 Å². The predicted molar refractivity (Wildman–Crippen MR) is 111 cm³/mol. The molecule has 0 bridgehead atoms. The second-order valence-corrected chi connectivity index (χ2v) is 10.1. The lowest BCUT2D eigenvalue weighted by Crippen LogP contribution is -2.70. The summed E-state index contributed by atoms with van der Waals surface area (Å²) in [6, 6.07) is 2.14. The monoisotopic (exact) mass is 484 g/mol. The van der Waals surface area contributed by atoms with Crippen LogP contribution in [-0.4, -0.2) is 60.9 Å². The number of benzene rings is 1. The number of carboxylic acid groups (broad SMARTS) is 1. The van der Waals surface area contributed by atoms with Gasteiger partial charge in [-0.1, -0.05) is 29.2 Å². The van der Waals surface area contributed by atoms with E-state index in [1.165, 1.54) is 40.9 Å². The Morgan fingerprint density at radius 1 is 1.35 bits per heavy atom. The topological polar surface area (TPSA) is 112 Å². The van der Waals surface area contributed by atoms with Crippen LogP contribution < -0.4 is 5.32 Å². The van der Waals surface area contributed by atoms with Crippen molar-refractivity contribution < 1.29 is 28.3 Å². The minimum Gasteiger partial charge on any atom is -0.477 e. The summed E-state index contributed by atoms with van der Waals surface area (Å²) in [6.07, 6.45) is 0. The molecule has 2 amide bonds. The molecule has 8 nitrogen and oxygen atoms in total. The van der Waals surface area contributed by atoms with Crippen LogP contribution in [0.3, 0.4) is 0 Å². The van der Waals surface area contributed by atoms with E-state index in [1.54, 1.807) is 0 Å². The van der Waals surface area contributed by atoms with Gasteiger partial charge in [0.15, 0.2) is 16.0 Å². The van der Waals surface area contributed by atoms with Crippen LogP contribution in [0.25, 0.3) is 0 Å². The minimum absolute atomic E-state index is 0.120. The Bertz CT molecular complexity index is 1120. The van der Waals surface area contributed by atoms with Crippen LogP contribution in [0.15, 0.2) is 33.8 Å². The number of nitrogens with zero attached hydrogens (tertiary/aromatic N) is 3. The molecule has 4 rings (SSSR count). The van der Waals surface area contributed by atoms with E-state index in [2.05, 4.69) is 15.5 Å². The summed E-state index contributed by atoms with van der Waals surface area (Å²) in [5.74, 6) is -4.63. The third-order valence-electron chi connectivity index (χ3n) is 4.61. The number of thioether (sulfide) groups is 2. The van der Waals surface area contributed by atoms with Gasteiger partial charge < -0.3 is 10.4 Å². The molecule has 3 heterocycles. The molecule has 0 saturated carbocycles. The molecule has 0 radical (unpaired) electrons. The molecule has 0 unspecified atom stereocenters. The van der Waals surface area contributed by atoms with Crippen LogP contribution in [0.1, 0.15) is 15.4 Å². The number of aryl methyl sites for hydroxylation is 1. The number of aromatic nitrogens is 2. The van der Waals surface area contributed by atoms with Crippen LogP contribution >= 0.6 is 34.9 Å². The van der Waals surface area contributed by atoms with Crippen molar-refractivity contribution in [1.82, 2.24) is 20.4 Å². The highest BCUT2D eigenvalue weighted by Gasteiger charge is 2.54. The van der Waals surface area contributed by atoms with Crippen molar-refractivity contribution in [3.8, 4) is 0 Å². The smallest absolute Gasteiger partial charge is 0.352 e. The molecular formula is C18H14F2N4O4S3. The van der Waals surface area contributed by atoms with E-state index in [0.717, 1.165) is 22.0 Å². The van der Waals surface area contributed by atoms with Crippen molar-refractivity contribution in [3.05, 3.63) is 51.7 Å². The molecule has 1 aromatic heterocycles. The number of carbonyl (C=O) groups excluding carboxylic acids is 2. The summed E-state index contributed by atoms with van der Waals surface area (Å²) in [7, 11) is 0. The second-order valence-electron chi connectivity index (χ2n) is 6.60. The summed E-state index contributed by atoms with van der Waals surface area (Å²) in [6.45, 7) is 1.81. The van der Waals surface area contributed by atoms with Crippen molar-refractivity contribution >= 4 is 52.6 Å². The highest BCUT2D eigenvalue weighted by Crippen LogP contribution is 2.41. The van der Waals surface area contributed by atoms with Crippen molar-refractivity contribution in [3.63, 3.8) is 0 Å². The summed E-state index contributed by atoms with van der Waals surface area (Å²) in [5.41, 5.74) is -0.0867. The molecule has 2 aliphatic heterocycles. The van der Waals surface area contributed by atoms with Crippen LogP contribution in [-0.2, 0) is 9.59 Å². The molecule has 2 atom stereocenters. The van der Waals surface area contributed by atoms with E-state index in [1.807, 2.05) is 6.92 Å². The van der Waals surface area contributed by atoms with Gasteiger partial charge in [-0.15, -0.1) is 22.0 Å². The zero-order valence-electron chi connectivity index (χ0n) is 15.8. The van der Waals surface area contributed by atoms with Gasteiger partial charge in [-0.3, -0.25) is 14.5 Å². The third kappa shape index (κ3) is 4.04. The average Bonchev–Trinajstić information content (AvgIpc) is 3.16. The molecule has 0 aliphatic carbocycles. The number of amides is 2. The van der Waals surface area contributed by atoms with E-state index in [0.29, 0.717) is 21.4 Å². The van der Waals surface area contributed by atoms with Gasteiger partial charge in [-0.05, 0) is 24.6 Å². The van der Waals surface area contributed by atoms with Crippen LogP contribution in [0, 0.1) is 18.6 Å². The van der Waals surface area contributed by atoms with E-state index >= 15 is 0 Å². The zero-order chi connectivity index (χ0) is 22.3. The summed E-state index contributed by atoms with van der Waals surface area (Å²) in [4.78, 5) is 38.0. The van der Waals surface area contributed by atoms with Gasteiger partial charge >= 0.3 is 5.97 Å². The molecule has 31 heavy (non-hydrogen) atoms. The molecule has 0 spiro atoms. The molecule has 1 aromatic carbocycles. The fourth-order valence-electron chi connectivity index (χ4n) is 3.18. The molecule has 2 aliphatic rings. The molecule has 162 valence electrons. The number of hydrogen-bond acceptors (Lipinski definition) is 8. The van der Waals surface area contributed by atoms with E-state index in [9.17, 15) is 28.3 Å². The summed E-state index contributed by atoms with van der Waals surface area (Å²) >= 11 is 4.02.